The third-order valence-corrected chi connectivity index (χ3v) is 7.80. The number of thiophene rings is 1. The Hall–Kier alpha value is -3.43. The second-order valence-corrected chi connectivity index (χ2v) is 10.2. The van der Waals surface area contributed by atoms with Crippen molar-refractivity contribution in [2.24, 2.45) is 0 Å². The summed E-state index contributed by atoms with van der Waals surface area (Å²) in [5.74, 6) is -0.0776. The zero-order chi connectivity index (χ0) is 23.8. The van der Waals surface area contributed by atoms with Gasteiger partial charge in [-0.05, 0) is 28.8 Å². The minimum absolute atomic E-state index is 0.225. The minimum atomic E-state index is -0.708. The molecule has 172 valence electrons. The number of carbonyl (C=O) groups is 1. The summed E-state index contributed by atoms with van der Waals surface area (Å²) in [7, 11) is 0. The van der Waals surface area contributed by atoms with Crippen molar-refractivity contribution in [3.8, 4) is 11.1 Å². The van der Waals surface area contributed by atoms with Gasteiger partial charge in [0.05, 0.1) is 11.7 Å². The number of hydrogen-bond acceptors (Lipinski definition) is 7. The standard InChI is InChI=1S/C25H23N5O2S2/c1-4-19(21(31)27-25-29-28-22(34-25)14(2)3)30-13-26-23-20(24(30)32)18(12-33-23)17-10-9-15-7-5-6-8-16(15)11-17/h5-14,19H,4H2,1-3H3,(H,27,29,31). The number of fused-ring (bicyclic) bond motifs is 2. The van der Waals surface area contributed by atoms with E-state index in [1.165, 1.54) is 33.6 Å². The Balaban J connectivity index is 1.53. The third kappa shape index (κ3) is 4.01. The van der Waals surface area contributed by atoms with Crippen molar-refractivity contribution in [3.63, 3.8) is 0 Å². The quantitative estimate of drug-likeness (QED) is 0.323. The van der Waals surface area contributed by atoms with Gasteiger partial charge in [-0.1, -0.05) is 68.5 Å². The van der Waals surface area contributed by atoms with Crippen molar-refractivity contribution in [3.05, 3.63) is 69.5 Å². The highest BCUT2D eigenvalue weighted by Crippen LogP contribution is 2.33. The van der Waals surface area contributed by atoms with E-state index in [0.29, 0.717) is 21.8 Å². The summed E-state index contributed by atoms with van der Waals surface area (Å²) >= 11 is 2.78. The Bertz CT molecular complexity index is 1570. The van der Waals surface area contributed by atoms with Gasteiger partial charge in [0.25, 0.3) is 5.56 Å². The lowest BCUT2D eigenvalue weighted by Crippen LogP contribution is -2.33. The summed E-state index contributed by atoms with van der Waals surface area (Å²) in [4.78, 5) is 31.9. The predicted molar refractivity (Wildman–Crippen MR) is 139 cm³/mol. The highest BCUT2D eigenvalue weighted by atomic mass is 32.1. The van der Waals surface area contributed by atoms with E-state index in [2.05, 4.69) is 44.8 Å². The molecule has 0 saturated heterocycles. The second-order valence-electron chi connectivity index (χ2n) is 8.36. The fraction of sp³-hybridized carbons (Fsp3) is 0.240. The number of rotatable bonds is 6. The number of amides is 1. The van der Waals surface area contributed by atoms with Crippen LogP contribution in [0, 0.1) is 0 Å². The van der Waals surface area contributed by atoms with Gasteiger partial charge in [-0.15, -0.1) is 21.5 Å². The van der Waals surface area contributed by atoms with E-state index in [1.807, 2.05) is 44.4 Å². The molecule has 34 heavy (non-hydrogen) atoms. The SMILES string of the molecule is CCC(C(=O)Nc1nnc(C(C)C)s1)n1cnc2scc(-c3ccc4ccccc4c3)c2c1=O. The van der Waals surface area contributed by atoms with E-state index < -0.39 is 6.04 Å². The monoisotopic (exact) mass is 489 g/mol. The molecule has 1 atom stereocenters. The molecule has 0 bridgehead atoms. The molecule has 0 saturated carbocycles. The van der Waals surface area contributed by atoms with E-state index in [-0.39, 0.29) is 17.4 Å². The van der Waals surface area contributed by atoms with Crippen molar-refractivity contribution in [2.45, 2.75) is 39.2 Å². The Morgan fingerprint density at radius 2 is 1.91 bits per heavy atom. The van der Waals surface area contributed by atoms with Crippen LogP contribution in [0.4, 0.5) is 5.13 Å². The summed E-state index contributed by atoms with van der Waals surface area (Å²) < 4.78 is 1.43. The van der Waals surface area contributed by atoms with Gasteiger partial charge in [0.1, 0.15) is 15.9 Å². The topological polar surface area (TPSA) is 89.8 Å². The molecule has 0 spiro atoms. The van der Waals surface area contributed by atoms with Gasteiger partial charge in [0.15, 0.2) is 0 Å². The third-order valence-electron chi connectivity index (χ3n) is 5.77. The van der Waals surface area contributed by atoms with Gasteiger partial charge in [0, 0.05) is 16.9 Å². The molecule has 2 aromatic carbocycles. The number of anilines is 1. The number of aromatic nitrogens is 4. The molecule has 7 nitrogen and oxygen atoms in total. The van der Waals surface area contributed by atoms with Crippen molar-refractivity contribution in [1.29, 1.82) is 0 Å². The molecule has 5 rings (SSSR count). The van der Waals surface area contributed by atoms with Crippen molar-refractivity contribution < 1.29 is 4.79 Å². The summed E-state index contributed by atoms with van der Waals surface area (Å²) in [5, 5.41) is 17.0. The van der Waals surface area contributed by atoms with Gasteiger partial charge >= 0.3 is 0 Å². The first-order valence-electron chi connectivity index (χ1n) is 11.1. The number of nitrogens with zero attached hydrogens (tertiary/aromatic N) is 4. The van der Waals surface area contributed by atoms with Crippen LogP contribution in [-0.4, -0.2) is 25.7 Å². The lowest BCUT2D eigenvalue weighted by Gasteiger charge is -2.16. The minimum Gasteiger partial charge on any atom is -0.299 e. The number of hydrogen-bond donors (Lipinski definition) is 1. The maximum Gasteiger partial charge on any atom is 0.263 e. The van der Waals surface area contributed by atoms with E-state index in [4.69, 9.17) is 0 Å². The lowest BCUT2D eigenvalue weighted by atomic mass is 10.0. The summed E-state index contributed by atoms with van der Waals surface area (Å²) in [6.45, 7) is 5.92. The first-order chi connectivity index (χ1) is 16.5. The number of nitrogens with one attached hydrogen (secondary N) is 1. The average molecular weight is 490 g/mol. The summed E-state index contributed by atoms with van der Waals surface area (Å²) in [6.07, 6.45) is 1.91. The Labute approximate surface area is 204 Å². The van der Waals surface area contributed by atoms with Gasteiger partial charge < -0.3 is 0 Å². The van der Waals surface area contributed by atoms with Crippen LogP contribution in [0.5, 0.6) is 0 Å². The van der Waals surface area contributed by atoms with Crippen LogP contribution in [0.3, 0.4) is 0 Å². The lowest BCUT2D eigenvalue weighted by molar-refractivity contribution is -0.119. The fourth-order valence-electron chi connectivity index (χ4n) is 3.95. The molecular weight excluding hydrogens is 466 g/mol. The molecule has 3 heterocycles. The van der Waals surface area contributed by atoms with E-state index in [1.54, 1.807) is 0 Å². The molecule has 1 amide bonds. The van der Waals surface area contributed by atoms with Crippen molar-refractivity contribution >= 4 is 54.7 Å². The number of benzene rings is 2. The molecule has 0 aliphatic heterocycles. The van der Waals surface area contributed by atoms with Crippen LogP contribution < -0.4 is 10.9 Å². The fourth-order valence-corrected chi connectivity index (χ4v) is 5.61. The Morgan fingerprint density at radius 1 is 1.12 bits per heavy atom. The van der Waals surface area contributed by atoms with Gasteiger partial charge in [-0.2, -0.15) is 0 Å². The van der Waals surface area contributed by atoms with Gasteiger partial charge in [0.2, 0.25) is 11.0 Å². The number of carbonyl (C=O) groups excluding carboxylic acids is 1. The first kappa shape index (κ1) is 22.4. The predicted octanol–water partition coefficient (Wildman–Crippen LogP) is 5.84. The molecule has 1 unspecified atom stereocenters. The smallest absolute Gasteiger partial charge is 0.263 e. The summed E-state index contributed by atoms with van der Waals surface area (Å²) in [5.41, 5.74) is 1.56. The molecule has 5 aromatic rings. The van der Waals surface area contributed by atoms with E-state index in [9.17, 15) is 9.59 Å². The molecule has 0 aliphatic rings. The largest absolute Gasteiger partial charge is 0.299 e. The second kappa shape index (κ2) is 9.08. The van der Waals surface area contributed by atoms with Crippen LogP contribution in [0.15, 0.2) is 59.0 Å². The maximum absolute atomic E-state index is 13.6. The molecule has 9 heteroatoms. The van der Waals surface area contributed by atoms with Crippen molar-refractivity contribution in [1.82, 2.24) is 19.7 Å². The zero-order valence-electron chi connectivity index (χ0n) is 19.0. The van der Waals surface area contributed by atoms with E-state index in [0.717, 1.165) is 26.9 Å². The Morgan fingerprint density at radius 3 is 2.65 bits per heavy atom. The van der Waals surface area contributed by atoms with Crippen LogP contribution in [0.1, 0.15) is 44.2 Å². The van der Waals surface area contributed by atoms with Crippen molar-refractivity contribution in [2.75, 3.05) is 5.32 Å². The normalized spacial score (nSPS) is 12.5. The summed E-state index contributed by atoms with van der Waals surface area (Å²) in [6, 6.07) is 13.6. The van der Waals surface area contributed by atoms with Crippen LogP contribution in [0.25, 0.3) is 32.1 Å². The Kier molecular flexibility index (Phi) is 5.97. The molecule has 0 radical (unpaired) electrons. The van der Waals surface area contributed by atoms with Crippen LogP contribution in [0.2, 0.25) is 0 Å². The molecule has 0 fully saturated rings. The zero-order valence-corrected chi connectivity index (χ0v) is 20.6. The highest BCUT2D eigenvalue weighted by molar-refractivity contribution is 7.17. The van der Waals surface area contributed by atoms with Crippen LogP contribution >= 0.6 is 22.7 Å². The molecular formula is C25H23N5O2S2. The molecule has 0 aliphatic carbocycles. The maximum atomic E-state index is 13.6. The van der Waals surface area contributed by atoms with Gasteiger partial charge in [-0.3, -0.25) is 19.5 Å². The van der Waals surface area contributed by atoms with E-state index >= 15 is 0 Å². The highest BCUT2D eigenvalue weighted by Gasteiger charge is 2.24. The van der Waals surface area contributed by atoms with Gasteiger partial charge in [-0.25, -0.2) is 4.98 Å². The molecule has 1 N–H and O–H groups in total. The molecule has 3 aromatic heterocycles. The van der Waals surface area contributed by atoms with Crippen LogP contribution in [-0.2, 0) is 4.79 Å². The average Bonchev–Trinajstić information content (AvgIpc) is 3.48. The first-order valence-corrected chi connectivity index (χ1v) is 12.8.